The molecule has 0 aliphatic heterocycles. The Kier molecular flexibility index (Phi) is 11.4. The molecule has 12 heteroatoms. The summed E-state index contributed by atoms with van der Waals surface area (Å²) in [6.45, 7) is 3.61. The number of carbonyl (C=O) groups excluding carboxylic acids is 3. The number of non-ortho nitro benzene ring substituents is 1. The van der Waals surface area contributed by atoms with E-state index in [0.717, 1.165) is 0 Å². The Morgan fingerprint density at radius 2 is 1.69 bits per heavy atom. The highest BCUT2D eigenvalue weighted by Crippen LogP contribution is 2.30. The van der Waals surface area contributed by atoms with Crippen LogP contribution in [0.3, 0.4) is 0 Å². The topological polar surface area (TPSA) is 130 Å². The predicted octanol–water partition coefficient (Wildman–Crippen LogP) is 8.13. The highest BCUT2D eigenvalue weighted by molar-refractivity contribution is 8.00. The van der Waals surface area contributed by atoms with Gasteiger partial charge in [-0.25, -0.2) is 0 Å². The van der Waals surface area contributed by atoms with Gasteiger partial charge in [-0.1, -0.05) is 66.5 Å². The molecule has 0 fully saturated rings. The molecule has 45 heavy (non-hydrogen) atoms. The largest absolute Gasteiger partial charge is 0.325 e. The second kappa shape index (κ2) is 15.4. The molecule has 4 rings (SSSR count). The first kappa shape index (κ1) is 33.3. The number of hydrogen-bond donors (Lipinski definition) is 3. The van der Waals surface area contributed by atoms with Crippen molar-refractivity contribution in [2.45, 2.75) is 30.4 Å². The molecule has 0 aromatic heterocycles. The lowest BCUT2D eigenvalue weighted by Crippen LogP contribution is -2.30. The SMILES string of the molecule is CCC(Sc1cccc(NC(=O)/C(=C\c2ccc(Cl)cc2Cl)NC(=O)c2ccccc2)c1)C(=O)Nc1cc([N+](=O)[O-])ccc1C. The predicted molar refractivity (Wildman–Crippen MR) is 180 cm³/mol. The van der Waals surface area contributed by atoms with E-state index in [2.05, 4.69) is 16.0 Å². The molecule has 1 unspecified atom stereocenters. The molecule has 3 N–H and O–H groups in total. The molecule has 0 saturated heterocycles. The van der Waals surface area contributed by atoms with Crippen LogP contribution >= 0.6 is 35.0 Å². The van der Waals surface area contributed by atoms with Crippen LogP contribution in [-0.4, -0.2) is 27.9 Å². The summed E-state index contributed by atoms with van der Waals surface area (Å²) >= 11 is 13.7. The van der Waals surface area contributed by atoms with Gasteiger partial charge in [0.1, 0.15) is 5.70 Å². The number of carbonyl (C=O) groups is 3. The van der Waals surface area contributed by atoms with Crippen LogP contribution in [-0.2, 0) is 9.59 Å². The van der Waals surface area contributed by atoms with Gasteiger partial charge in [0.05, 0.1) is 15.9 Å². The van der Waals surface area contributed by atoms with Crippen molar-refractivity contribution in [1.82, 2.24) is 5.32 Å². The molecule has 0 radical (unpaired) electrons. The van der Waals surface area contributed by atoms with Crippen molar-refractivity contribution in [3.8, 4) is 0 Å². The van der Waals surface area contributed by atoms with Crippen molar-refractivity contribution in [2.24, 2.45) is 0 Å². The third kappa shape index (κ3) is 9.18. The average Bonchev–Trinajstić information content (AvgIpc) is 3.02. The van der Waals surface area contributed by atoms with Gasteiger partial charge >= 0.3 is 0 Å². The third-order valence-corrected chi connectivity index (χ3v) is 8.43. The number of nitro groups is 1. The molecule has 0 spiro atoms. The zero-order valence-corrected chi connectivity index (χ0v) is 26.5. The molecule has 3 amide bonds. The Hall–Kier alpha value is -4.64. The molecule has 9 nitrogen and oxygen atoms in total. The number of anilines is 2. The van der Waals surface area contributed by atoms with E-state index < -0.39 is 22.0 Å². The van der Waals surface area contributed by atoms with Gasteiger partial charge in [-0.2, -0.15) is 0 Å². The van der Waals surface area contributed by atoms with E-state index in [0.29, 0.717) is 49.4 Å². The average molecular weight is 664 g/mol. The van der Waals surface area contributed by atoms with E-state index in [1.54, 1.807) is 79.7 Å². The highest BCUT2D eigenvalue weighted by atomic mass is 35.5. The van der Waals surface area contributed by atoms with E-state index >= 15 is 0 Å². The molecule has 0 bridgehead atoms. The third-order valence-electron chi connectivity index (χ3n) is 6.51. The molecule has 4 aromatic carbocycles. The lowest BCUT2D eigenvalue weighted by Gasteiger charge is -2.17. The van der Waals surface area contributed by atoms with Crippen molar-refractivity contribution in [3.63, 3.8) is 0 Å². The quantitative estimate of drug-likeness (QED) is 0.0643. The Bertz CT molecular complexity index is 1780. The van der Waals surface area contributed by atoms with Crippen LogP contribution in [0.2, 0.25) is 10.0 Å². The van der Waals surface area contributed by atoms with Crippen LogP contribution in [0.5, 0.6) is 0 Å². The monoisotopic (exact) mass is 662 g/mol. The number of nitrogens with one attached hydrogen (secondary N) is 3. The van der Waals surface area contributed by atoms with Gasteiger partial charge in [0.15, 0.2) is 0 Å². The number of amides is 3. The molecule has 0 heterocycles. The summed E-state index contributed by atoms with van der Waals surface area (Å²) in [6, 6.07) is 24.5. The summed E-state index contributed by atoms with van der Waals surface area (Å²) in [7, 11) is 0. The maximum Gasteiger partial charge on any atom is 0.272 e. The van der Waals surface area contributed by atoms with Crippen molar-refractivity contribution in [1.29, 1.82) is 0 Å². The minimum absolute atomic E-state index is 0.0516. The van der Waals surface area contributed by atoms with Crippen LogP contribution in [0.25, 0.3) is 6.08 Å². The molecular formula is C33H28Cl2N4O5S. The van der Waals surface area contributed by atoms with Gasteiger partial charge in [-0.15, -0.1) is 11.8 Å². The highest BCUT2D eigenvalue weighted by Gasteiger charge is 2.21. The lowest BCUT2D eigenvalue weighted by molar-refractivity contribution is -0.384. The standard InChI is InChI=1S/C33H28Cl2N4O5S/c1-3-30(33(42)37-28-19-25(39(43)44)15-12-20(28)2)45-26-11-7-10-24(18-26)36-32(41)29(16-22-13-14-23(34)17-27(22)35)38-31(40)21-8-5-4-6-9-21/h4-19,30H,3H2,1-2H3,(H,36,41)(H,37,42)(H,38,40)/b29-16+. The summed E-state index contributed by atoms with van der Waals surface area (Å²) in [5.41, 5.74) is 2.15. The van der Waals surface area contributed by atoms with E-state index in [1.807, 2.05) is 6.92 Å². The van der Waals surface area contributed by atoms with E-state index in [-0.39, 0.29) is 17.3 Å². The number of nitrogens with zero attached hydrogens (tertiary/aromatic N) is 1. The van der Waals surface area contributed by atoms with Crippen LogP contribution in [0.4, 0.5) is 17.1 Å². The van der Waals surface area contributed by atoms with Crippen LogP contribution in [0.1, 0.15) is 34.8 Å². The fraction of sp³-hybridized carbons (Fsp3) is 0.121. The summed E-state index contributed by atoms with van der Waals surface area (Å²) in [5, 5.41) is 19.7. The van der Waals surface area contributed by atoms with Gasteiger partial charge in [0, 0.05) is 38.3 Å². The first-order valence-electron chi connectivity index (χ1n) is 13.7. The number of aryl methyl sites for hydroxylation is 1. The van der Waals surface area contributed by atoms with E-state index in [1.165, 1.54) is 36.0 Å². The number of benzene rings is 4. The van der Waals surface area contributed by atoms with Gasteiger partial charge in [0.25, 0.3) is 17.5 Å². The number of rotatable bonds is 11. The fourth-order valence-electron chi connectivity index (χ4n) is 4.12. The maximum atomic E-state index is 13.5. The molecule has 230 valence electrons. The second-order valence-corrected chi connectivity index (χ2v) is 11.9. The molecule has 0 saturated carbocycles. The summed E-state index contributed by atoms with van der Waals surface area (Å²) in [4.78, 5) is 51.0. The molecule has 1 atom stereocenters. The van der Waals surface area contributed by atoms with Crippen molar-refractivity contribution in [3.05, 3.63) is 134 Å². The van der Waals surface area contributed by atoms with Gasteiger partial charge in [-0.3, -0.25) is 24.5 Å². The summed E-state index contributed by atoms with van der Waals surface area (Å²) in [5.74, 6) is -1.39. The second-order valence-electron chi connectivity index (χ2n) is 9.79. The Morgan fingerprint density at radius 1 is 0.933 bits per heavy atom. The molecule has 0 aliphatic rings. The lowest BCUT2D eigenvalue weighted by atomic mass is 10.1. The first-order chi connectivity index (χ1) is 21.5. The Morgan fingerprint density at radius 3 is 2.38 bits per heavy atom. The maximum absolute atomic E-state index is 13.5. The summed E-state index contributed by atoms with van der Waals surface area (Å²) < 4.78 is 0. The van der Waals surface area contributed by atoms with E-state index in [9.17, 15) is 24.5 Å². The summed E-state index contributed by atoms with van der Waals surface area (Å²) in [6.07, 6.45) is 1.93. The molecular weight excluding hydrogens is 635 g/mol. The van der Waals surface area contributed by atoms with Gasteiger partial charge in [0.2, 0.25) is 5.91 Å². The van der Waals surface area contributed by atoms with Crippen LogP contribution in [0.15, 0.2) is 102 Å². The van der Waals surface area contributed by atoms with Crippen LogP contribution < -0.4 is 16.0 Å². The minimum atomic E-state index is -0.599. The minimum Gasteiger partial charge on any atom is -0.325 e. The normalized spacial score (nSPS) is 11.8. The number of hydrogen-bond acceptors (Lipinski definition) is 6. The number of nitro benzene ring substituents is 1. The Labute approximate surface area is 274 Å². The van der Waals surface area contributed by atoms with Gasteiger partial charge < -0.3 is 16.0 Å². The Balaban J connectivity index is 1.52. The zero-order valence-electron chi connectivity index (χ0n) is 24.2. The molecule has 0 aliphatic carbocycles. The van der Waals surface area contributed by atoms with E-state index in [4.69, 9.17) is 23.2 Å². The zero-order chi connectivity index (χ0) is 32.5. The van der Waals surface area contributed by atoms with Crippen molar-refractivity contribution < 1.29 is 19.3 Å². The molecule has 4 aromatic rings. The fourth-order valence-corrected chi connectivity index (χ4v) is 5.60. The number of thioether (sulfide) groups is 1. The smallest absolute Gasteiger partial charge is 0.272 e. The van der Waals surface area contributed by atoms with Crippen molar-refractivity contribution >= 4 is 75.8 Å². The van der Waals surface area contributed by atoms with Crippen LogP contribution in [0, 0.1) is 17.0 Å². The number of halogens is 2. The first-order valence-corrected chi connectivity index (χ1v) is 15.3. The van der Waals surface area contributed by atoms with Gasteiger partial charge in [-0.05, 0) is 73.0 Å². The van der Waals surface area contributed by atoms with Crippen molar-refractivity contribution in [2.75, 3.05) is 10.6 Å².